The minimum Gasteiger partial charge on any atom is -0.480 e. The molecule has 0 aliphatic heterocycles. The van der Waals surface area contributed by atoms with Crippen molar-refractivity contribution in [2.24, 2.45) is 11.5 Å². The zero-order valence-corrected chi connectivity index (χ0v) is 6.42. The number of hydrogen-bond donors (Lipinski definition) is 3. The van der Waals surface area contributed by atoms with Crippen molar-refractivity contribution in [2.75, 3.05) is 6.54 Å². The summed E-state index contributed by atoms with van der Waals surface area (Å²) < 4.78 is 0. The van der Waals surface area contributed by atoms with Crippen molar-refractivity contribution in [3.63, 3.8) is 0 Å². The van der Waals surface area contributed by atoms with Gasteiger partial charge in [-0.1, -0.05) is 6.08 Å². The summed E-state index contributed by atoms with van der Waals surface area (Å²) in [5.41, 5.74) is 9.35. The molecular weight excluding hydrogens is 144 g/mol. The van der Waals surface area contributed by atoms with Crippen LogP contribution in [0.5, 0.6) is 0 Å². The lowest BCUT2D eigenvalue weighted by Gasteiger charge is -2.19. The number of aliphatic carboxylic acids is 1. The molecule has 0 fully saturated rings. The Balaban J connectivity index is 4.10. The normalized spacial score (nSPS) is 15.5. The molecule has 11 heavy (non-hydrogen) atoms. The molecule has 5 N–H and O–H groups in total. The fourth-order valence-electron chi connectivity index (χ4n) is 0.691. The van der Waals surface area contributed by atoms with E-state index in [-0.39, 0.29) is 0 Å². The van der Waals surface area contributed by atoms with E-state index >= 15 is 0 Å². The van der Waals surface area contributed by atoms with Gasteiger partial charge in [-0.05, 0) is 19.4 Å². The van der Waals surface area contributed by atoms with Gasteiger partial charge in [0.15, 0.2) is 0 Å². The van der Waals surface area contributed by atoms with Gasteiger partial charge in [-0.25, -0.2) is 4.79 Å². The van der Waals surface area contributed by atoms with Gasteiger partial charge in [-0.2, -0.15) is 0 Å². The number of carboxylic acids is 1. The topological polar surface area (TPSA) is 89.3 Å². The predicted molar refractivity (Wildman–Crippen MR) is 43.0 cm³/mol. The smallest absolute Gasteiger partial charge is 0.327 e. The van der Waals surface area contributed by atoms with Gasteiger partial charge in [-0.15, -0.1) is 6.58 Å². The summed E-state index contributed by atoms with van der Waals surface area (Å²) in [4.78, 5) is 10.5. The maximum atomic E-state index is 10.5. The van der Waals surface area contributed by atoms with E-state index in [1.54, 1.807) is 0 Å². The standard InChI is InChI=1S/C7H14N2O2/c1-2-7(9,6(10)11)4-3-5-8/h2H,1,3-5,8-9H2,(H,10,11). The highest BCUT2D eigenvalue weighted by molar-refractivity contribution is 5.80. The van der Waals surface area contributed by atoms with Crippen LogP contribution < -0.4 is 11.5 Å². The molecule has 0 aliphatic carbocycles. The monoisotopic (exact) mass is 158 g/mol. The van der Waals surface area contributed by atoms with Crippen LogP contribution in [0.25, 0.3) is 0 Å². The first-order valence-corrected chi connectivity index (χ1v) is 3.43. The highest BCUT2D eigenvalue weighted by Gasteiger charge is 2.28. The molecule has 0 amide bonds. The van der Waals surface area contributed by atoms with Crippen molar-refractivity contribution in [1.82, 2.24) is 0 Å². The second-order valence-electron chi connectivity index (χ2n) is 2.44. The molecule has 0 aromatic rings. The lowest BCUT2D eigenvalue weighted by Crippen LogP contribution is -2.46. The Bertz CT molecular complexity index is 159. The number of carbonyl (C=O) groups is 1. The van der Waals surface area contributed by atoms with E-state index in [0.29, 0.717) is 19.4 Å². The largest absolute Gasteiger partial charge is 0.480 e. The van der Waals surface area contributed by atoms with Crippen LogP contribution in [0.4, 0.5) is 0 Å². The average Bonchev–Trinajstić information content (AvgIpc) is 2.00. The number of hydrogen-bond acceptors (Lipinski definition) is 3. The predicted octanol–water partition coefficient (Wildman–Crippen LogP) is -0.307. The van der Waals surface area contributed by atoms with E-state index in [4.69, 9.17) is 16.6 Å². The molecule has 0 aromatic heterocycles. The number of nitrogens with two attached hydrogens (primary N) is 2. The number of carboxylic acid groups (broad SMARTS) is 1. The Morgan fingerprint density at radius 1 is 1.73 bits per heavy atom. The summed E-state index contributed by atoms with van der Waals surface area (Å²) in [6.07, 6.45) is 2.17. The molecule has 0 saturated heterocycles. The molecule has 0 rings (SSSR count). The first kappa shape index (κ1) is 10.1. The third-order valence-corrected chi connectivity index (χ3v) is 1.56. The molecule has 0 spiro atoms. The van der Waals surface area contributed by atoms with Gasteiger partial charge < -0.3 is 16.6 Å². The van der Waals surface area contributed by atoms with Crippen molar-refractivity contribution in [3.05, 3.63) is 12.7 Å². The van der Waals surface area contributed by atoms with Crippen LogP contribution in [0.15, 0.2) is 12.7 Å². The molecule has 0 radical (unpaired) electrons. The Hall–Kier alpha value is -0.870. The van der Waals surface area contributed by atoms with Crippen LogP contribution in [0.3, 0.4) is 0 Å². The maximum Gasteiger partial charge on any atom is 0.327 e. The summed E-state index contributed by atoms with van der Waals surface area (Å²) in [6.45, 7) is 3.80. The third-order valence-electron chi connectivity index (χ3n) is 1.56. The molecule has 1 atom stereocenters. The zero-order chi connectivity index (χ0) is 8.91. The van der Waals surface area contributed by atoms with E-state index in [1.807, 2.05) is 0 Å². The summed E-state index contributed by atoms with van der Waals surface area (Å²) >= 11 is 0. The van der Waals surface area contributed by atoms with Gasteiger partial charge in [0.05, 0.1) is 0 Å². The van der Waals surface area contributed by atoms with Crippen LogP contribution >= 0.6 is 0 Å². The van der Waals surface area contributed by atoms with E-state index in [1.165, 1.54) is 6.08 Å². The Kier molecular flexibility index (Phi) is 3.78. The van der Waals surface area contributed by atoms with Crippen LogP contribution in [0.1, 0.15) is 12.8 Å². The summed E-state index contributed by atoms with van der Waals surface area (Å²) in [6, 6.07) is 0. The first-order chi connectivity index (χ1) is 5.06. The van der Waals surface area contributed by atoms with Crippen molar-refractivity contribution >= 4 is 5.97 Å². The summed E-state index contributed by atoms with van der Waals surface area (Å²) in [5.74, 6) is -1.05. The molecule has 0 aromatic carbocycles. The van der Waals surface area contributed by atoms with Gasteiger partial charge in [0.2, 0.25) is 0 Å². The Morgan fingerprint density at radius 2 is 2.27 bits per heavy atom. The fourth-order valence-corrected chi connectivity index (χ4v) is 0.691. The third kappa shape index (κ3) is 2.69. The van der Waals surface area contributed by atoms with E-state index < -0.39 is 11.5 Å². The minimum absolute atomic E-state index is 0.336. The molecule has 1 unspecified atom stereocenters. The van der Waals surface area contributed by atoms with Crippen molar-refractivity contribution < 1.29 is 9.90 Å². The number of rotatable bonds is 5. The maximum absolute atomic E-state index is 10.5. The van der Waals surface area contributed by atoms with Gasteiger partial charge >= 0.3 is 5.97 Å². The first-order valence-electron chi connectivity index (χ1n) is 3.43. The molecule has 0 heterocycles. The Labute approximate surface area is 65.9 Å². The second kappa shape index (κ2) is 4.10. The molecule has 4 nitrogen and oxygen atoms in total. The van der Waals surface area contributed by atoms with Crippen LogP contribution in [0, 0.1) is 0 Å². The SMILES string of the molecule is C=CC(N)(CCCN)C(=O)O. The van der Waals surface area contributed by atoms with Gasteiger partial charge in [0.25, 0.3) is 0 Å². The lowest BCUT2D eigenvalue weighted by molar-refractivity contribution is -0.141. The molecule has 64 valence electrons. The summed E-state index contributed by atoms with van der Waals surface area (Å²) in [7, 11) is 0. The van der Waals surface area contributed by atoms with Crippen molar-refractivity contribution in [2.45, 2.75) is 18.4 Å². The summed E-state index contributed by atoms with van der Waals surface area (Å²) in [5, 5.41) is 8.62. The molecule has 4 heteroatoms. The highest BCUT2D eigenvalue weighted by Crippen LogP contribution is 2.10. The van der Waals surface area contributed by atoms with Gasteiger partial charge in [0.1, 0.15) is 5.54 Å². The zero-order valence-electron chi connectivity index (χ0n) is 6.42. The van der Waals surface area contributed by atoms with Crippen molar-refractivity contribution in [3.8, 4) is 0 Å². The van der Waals surface area contributed by atoms with Crippen LogP contribution in [-0.2, 0) is 4.79 Å². The lowest BCUT2D eigenvalue weighted by atomic mass is 9.95. The second-order valence-corrected chi connectivity index (χ2v) is 2.44. The van der Waals surface area contributed by atoms with Crippen LogP contribution in [0.2, 0.25) is 0 Å². The van der Waals surface area contributed by atoms with Crippen LogP contribution in [-0.4, -0.2) is 23.2 Å². The van der Waals surface area contributed by atoms with Crippen molar-refractivity contribution in [1.29, 1.82) is 0 Å². The molecular formula is C7H14N2O2. The average molecular weight is 158 g/mol. The molecule has 0 saturated carbocycles. The fraction of sp³-hybridized carbons (Fsp3) is 0.571. The molecule has 0 bridgehead atoms. The van der Waals surface area contributed by atoms with E-state index in [2.05, 4.69) is 6.58 Å². The molecule has 0 aliphatic rings. The van der Waals surface area contributed by atoms with Gasteiger partial charge in [-0.3, -0.25) is 0 Å². The van der Waals surface area contributed by atoms with E-state index in [0.717, 1.165) is 0 Å². The minimum atomic E-state index is -1.31. The Morgan fingerprint density at radius 3 is 2.55 bits per heavy atom. The quantitative estimate of drug-likeness (QED) is 0.479. The highest BCUT2D eigenvalue weighted by atomic mass is 16.4. The van der Waals surface area contributed by atoms with Gasteiger partial charge in [0, 0.05) is 0 Å². The van der Waals surface area contributed by atoms with E-state index in [9.17, 15) is 4.79 Å².